The van der Waals surface area contributed by atoms with Crippen molar-refractivity contribution >= 4 is 17.6 Å². The summed E-state index contributed by atoms with van der Waals surface area (Å²) in [6, 6.07) is 21.6. The van der Waals surface area contributed by atoms with Crippen LogP contribution in [-0.4, -0.2) is 31.8 Å². The fourth-order valence-electron chi connectivity index (χ4n) is 4.75. The van der Waals surface area contributed by atoms with Gasteiger partial charge in [-0.1, -0.05) is 55.8 Å². The van der Waals surface area contributed by atoms with Crippen LogP contribution in [0.5, 0.6) is 0 Å². The van der Waals surface area contributed by atoms with Crippen LogP contribution in [0.2, 0.25) is 5.02 Å². The first-order chi connectivity index (χ1) is 16.9. The van der Waals surface area contributed by atoms with Gasteiger partial charge in [-0.05, 0) is 61.2 Å². The van der Waals surface area contributed by atoms with E-state index in [2.05, 4.69) is 29.8 Å². The Hall–Kier alpha value is -3.51. The van der Waals surface area contributed by atoms with Gasteiger partial charge in [0.2, 0.25) is 0 Å². The average Bonchev–Trinajstić information content (AvgIpc) is 3.40. The van der Waals surface area contributed by atoms with Crippen LogP contribution in [0.15, 0.2) is 72.9 Å². The van der Waals surface area contributed by atoms with Gasteiger partial charge in [0, 0.05) is 23.3 Å². The number of para-hydroxylation sites is 1. The fraction of sp³-hybridized carbons (Fsp3) is 0.286. The van der Waals surface area contributed by atoms with E-state index in [9.17, 15) is 4.79 Å². The third-order valence-electron chi connectivity index (χ3n) is 6.51. The second-order valence-corrected chi connectivity index (χ2v) is 9.87. The number of urea groups is 1. The molecule has 1 atom stereocenters. The van der Waals surface area contributed by atoms with Crippen molar-refractivity contribution in [2.45, 2.75) is 39.8 Å². The zero-order valence-corrected chi connectivity index (χ0v) is 21.0. The Morgan fingerprint density at radius 2 is 1.91 bits per heavy atom. The van der Waals surface area contributed by atoms with Crippen LogP contribution < -0.4 is 5.32 Å². The Kier molecular flexibility index (Phi) is 6.39. The van der Waals surface area contributed by atoms with Crippen LogP contribution in [0.1, 0.15) is 48.8 Å². The number of benzene rings is 2. The molecule has 0 aliphatic carbocycles. The zero-order chi connectivity index (χ0) is 24.5. The highest BCUT2D eigenvalue weighted by Crippen LogP contribution is 2.38. The molecule has 2 aromatic carbocycles. The van der Waals surface area contributed by atoms with E-state index in [1.165, 1.54) is 0 Å². The van der Waals surface area contributed by atoms with E-state index in [1.54, 1.807) is 0 Å². The number of carbonyl (C=O) groups is 1. The largest absolute Gasteiger partial charge is 0.338 e. The van der Waals surface area contributed by atoms with Crippen LogP contribution in [0, 0.1) is 12.8 Å². The topological polar surface area (TPSA) is 55.1 Å². The van der Waals surface area contributed by atoms with Gasteiger partial charge in [0.25, 0.3) is 0 Å². The molecule has 0 saturated heterocycles. The maximum absolute atomic E-state index is 13.7. The number of nitrogens with one attached hydrogen (secondary N) is 1. The predicted octanol–water partition coefficient (Wildman–Crippen LogP) is 6.29. The molecular weight excluding hydrogens is 458 g/mol. The highest BCUT2D eigenvalue weighted by Gasteiger charge is 2.35. The van der Waals surface area contributed by atoms with Gasteiger partial charge in [-0.25, -0.2) is 9.48 Å². The number of rotatable bonds is 5. The number of hydrogen-bond acceptors (Lipinski definition) is 2. The van der Waals surface area contributed by atoms with E-state index >= 15 is 0 Å². The molecular formula is C28H30ClN5O. The smallest absolute Gasteiger partial charge is 0.318 e. The van der Waals surface area contributed by atoms with Gasteiger partial charge in [0.15, 0.2) is 0 Å². The SMILES string of the molecule is Cc1nn(-c2ccccc2)c2c1CN(C(=O)NCCC(C)C)C(c1cccc(Cl)c1)c1cccn1-2. The first kappa shape index (κ1) is 23.2. The first-order valence-electron chi connectivity index (χ1n) is 12.1. The monoisotopic (exact) mass is 487 g/mol. The maximum atomic E-state index is 13.7. The molecule has 6 nitrogen and oxygen atoms in total. The first-order valence-corrected chi connectivity index (χ1v) is 12.4. The minimum absolute atomic E-state index is 0.0944. The van der Waals surface area contributed by atoms with Gasteiger partial charge >= 0.3 is 6.03 Å². The molecule has 1 aliphatic rings. The second-order valence-electron chi connectivity index (χ2n) is 9.44. The standard InChI is InChI=1S/C28H30ClN5O/c1-19(2)14-15-30-28(35)33-18-24-20(3)31-34(23-11-5-4-6-12-23)27(24)32-16-8-13-25(32)26(33)21-9-7-10-22(29)17-21/h4-13,16-17,19,26H,14-15,18H2,1-3H3,(H,30,35). The molecule has 0 spiro atoms. The maximum Gasteiger partial charge on any atom is 0.318 e. The number of fused-ring (bicyclic) bond motifs is 3. The zero-order valence-electron chi connectivity index (χ0n) is 20.3. The summed E-state index contributed by atoms with van der Waals surface area (Å²) >= 11 is 6.41. The Morgan fingerprint density at radius 3 is 2.66 bits per heavy atom. The van der Waals surface area contributed by atoms with Crippen LogP contribution in [-0.2, 0) is 6.54 Å². The Morgan fingerprint density at radius 1 is 1.11 bits per heavy atom. The van der Waals surface area contributed by atoms with Crippen molar-refractivity contribution in [3.05, 3.63) is 100 Å². The molecule has 4 aromatic rings. The molecule has 1 aliphatic heterocycles. The molecule has 0 bridgehead atoms. The van der Waals surface area contributed by atoms with Crippen molar-refractivity contribution in [1.29, 1.82) is 0 Å². The minimum atomic E-state index is -0.307. The van der Waals surface area contributed by atoms with Gasteiger partial charge in [-0.15, -0.1) is 0 Å². The van der Waals surface area contributed by atoms with E-state index < -0.39 is 0 Å². The van der Waals surface area contributed by atoms with Crippen molar-refractivity contribution < 1.29 is 4.79 Å². The Balaban J connectivity index is 1.67. The van der Waals surface area contributed by atoms with Gasteiger partial charge < -0.3 is 14.8 Å². The molecule has 2 amide bonds. The quantitative estimate of drug-likeness (QED) is 0.360. The summed E-state index contributed by atoms with van der Waals surface area (Å²) in [5.41, 5.74) is 4.86. The van der Waals surface area contributed by atoms with E-state index in [4.69, 9.17) is 16.7 Å². The van der Waals surface area contributed by atoms with E-state index in [-0.39, 0.29) is 12.1 Å². The summed E-state index contributed by atoms with van der Waals surface area (Å²) in [4.78, 5) is 15.6. The molecule has 5 rings (SSSR count). The summed E-state index contributed by atoms with van der Waals surface area (Å²) in [6.45, 7) is 7.39. The molecule has 0 fully saturated rings. The number of aryl methyl sites for hydroxylation is 1. The number of halogens is 1. The minimum Gasteiger partial charge on any atom is -0.338 e. The lowest BCUT2D eigenvalue weighted by atomic mass is 10.0. The third kappa shape index (κ3) is 4.46. The van der Waals surface area contributed by atoms with Gasteiger partial charge in [-0.2, -0.15) is 5.10 Å². The van der Waals surface area contributed by atoms with Crippen molar-refractivity contribution in [1.82, 2.24) is 24.6 Å². The number of hydrogen-bond donors (Lipinski definition) is 1. The molecule has 180 valence electrons. The van der Waals surface area contributed by atoms with Crippen LogP contribution in [0.4, 0.5) is 4.79 Å². The summed E-state index contributed by atoms with van der Waals surface area (Å²) < 4.78 is 4.14. The van der Waals surface area contributed by atoms with Crippen LogP contribution >= 0.6 is 11.6 Å². The number of amides is 2. The second kappa shape index (κ2) is 9.62. The van der Waals surface area contributed by atoms with Crippen molar-refractivity contribution in [2.75, 3.05) is 6.54 Å². The van der Waals surface area contributed by atoms with E-state index in [0.29, 0.717) is 24.0 Å². The highest BCUT2D eigenvalue weighted by molar-refractivity contribution is 6.30. The predicted molar refractivity (Wildman–Crippen MR) is 139 cm³/mol. The Labute approximate surface area is 211 Å². The Bertz CT molecular complexity index is 1340. The van der Waals surface area contributed by atoms with E-state index in [1.807, 2.05) is 83.4 Å². The fourth-order valence-corrected chi connectivity index (χ4v) is 4.94. The normalized spacial score (nSPS) is 15.0. The molecule has 7 heteroatoms. The summed E-state index contributed by atoms with van der Waals surface area (Å²) in [5.74, 6) is 1.47. The number of nitrogens with zero attached hydrogens (tertiary/aromatic N) is 4. The van der Waals surface area contributed by atoms with Gasteiger partial charge in [0.1, 0.15) is 5.82 Å². The lowest BCUT2D eigenvalue weighted by molar-refractivity contribution is 0.180. The average molecular weight is 488 g/mol. The number of aromatic nitrogens is 3. The van der Waals surface area contributed by atoms with Crippen molar-refractivity contribution in [3.8, 4) is 11.5 Å². The van der Waals surface area contributed by atoms with Crippen LogP contribution in [0.25, 0.3) is 11.5 Å². The summed E-state index contributed by atoms with van der Waals surface area (Å²) in [6.07, 6.45) is 2.97. The lowest BCUT2D eigenvalue weighted by Crippen LogP contribution is -2.42. The van der Waals surface area contributed by atoms with Crippen molar-refractivity contribution in [3.63, 3.8) is 0 Å². The van der Waals surface area contributed by atoms with Gasteiger partial charge in [-0.3, -0.25) is 0 Å². The molecule has 0 radical (unpaired) electrons. The lowest BCUT2D eigenvalue weighted by Gasteiger charge is -2.31. The highest BCUT2D eigenvalue weighted by atomic mass is 35.5. The molecule has 0 saturated carbocycles. The molecule has 3 heterocycles. The molecule has 1 N–H and O–H groups in total. The molecule has 1 unspecified atom stereocenters. The summed E-state index contributed by atoms with van der Waals surface area (Å²) in [5, 5.41) is 8.69. The molecule has 2 aromatic heterocycles. The number of carbonyl (C=O) groups excluding carboxylic acids is 1. The van der Waals surface area contributed by atoms with Gasteiger partial charge in [0.05, 0.1) is 29.7 Å². The van der Waals surface area contributed by atoms with Crippen LogP contribution in [0.3, 0.4) is 0 Å². The van der Waals surface area contributed by atoms with Crippen molar-refractivity contribution in [2.24, 2.45) is 5.92 Å². The third-order valence-corrected chi connectivity index (χ3v) is 6.75. The molecule has 35 heavy (non-hydrogen) atoms. The van der Waals surface area contributed by atoms with E-state index in [0.717, 1.165) is 40.4 Å². The summed E-state index contributed by atoms with van der Waals surface area (Å²) in [7, 11) is 0.